The number of rotatable bonds is 6. The van der Waals surface area contributed by atoms with Crippen LogP contribution >= 0.6 is 0 Å². The van der Waals surface area contributed by atoms with Crippen LogP contribution in [-0.2, 0) is 11.2 Å². The molecule has 0 unspecified atom stereocenters. The first-order valence-corrected chi connectivity index (χ1v) is 8.70. The van der Waals surface area contributed by atoms with Crippen molar-refractivity contribution in [3.8, 4) is 17.2 Å². The summed E-state index contributed by atoms with van der Waals surface area (Å²) in [6.45, 7) is 1.03. The van der Waals surface area contributed by atoms with E-state index in [1.165, 1.54) is 26.9 Å². The van der Waals surface area contributed by atoms with Gasteiger partial charge in [-0.1, -0.05) is 24.3 Å². The van der Waals surface area contributed by atoms with Crippen molar-refractivity contribution in [2.24, 2.45) is 0 Å². The first kappa shape index (κ1) is 18.8. The molecular weight excluding hydrogens is 348 g/mol. The van der Waals surface area contributed by atoms with Crippen LogP contribution in [0.3, 0.4) is 0 Å². The van der Waals surface area contributed by atoms with Crippen LogP contribution in [0.1, 0.15) is 17.2 Å². The van der Waals surface area contributed by atoms with Gasteiger partial charge in [-0.05, 0) is 17.5 Å². The molecule has 0 saturated carbocycles. The predicted molar refractivity (Wildman–Crippen MR) is 102 cm³/mol. The smallest absolute Gasteiger partial charge is 0.319 e. The zero-order valence-electron chi connectivity index (χ0n) is 15.7. The van der Waals surface area contributed by atoms with Crippen molar-refractivity contribution in [2.75, 3.05) is 39.8 Å². The molecule has 3 rings (SSSR count). The second kappa shape index (κ2) is 8.64. The highest BCUT2D eigenvalue weighted by molar-refractivity contribution is 5.90. The second-order valence-electron chi connectivity index (χ2n) is 6.06. The lowest BCUT2D eigenvalue weighted by atomic mass is 9.98. The van der Waals surface area contributed by atoms with E-state index in [9.17, 15) is 4.79 Å². The van der Waals surface area contributed by atoms with Crippen LogP contribution in [0.5, 0.6) is 17.2 Å². The van der Waals surface area contributed by atoms with Crippen LogP contribution in [-0.4, -0.2) is 40.5 Å². The number of urea groups is 1. The number of carbonyl (C=O) groups excluding carboxylic acids is 1. The third-order valence-electron chi connectivity index (χ3n) is 4.46. The normalized spacial score (nSPS) is 15.4. The lowest BCUT2D eigenvalue weighted by molar-refractivity contribution is 0.0444. The van der Waals surface area contributed by atoms with Gasteiger partial charge in [-0.3, -0.25) is 0 Å². The van der Waals surface area contributed by atoms with E-state index in [0.29, 0.717) is 36.1 Å². The van der Waals surface area contributed by atoms with E-state index < -0.39 is 0 Å². The van der Waals surface area contributed by atoms with E-state index in [2.05, 4.69) is 16.7 Å². The first-order chi connectivity index (χ1) is 13.2. The van der Waals surface area contributed by atoms with Crippen LogP contribution in [0.4, 0.5) is 10.5 Å². The molecule has 144 valence electrons. The lowest BCUT2D eigenvalue weighted by Crippen LogP contribution is -2.34. The van der Waals surface area contributed by atoms with Crippen molar-refractivity contribution in [2.45, 2.75) is 12.5 Å². The van der Waals surface area contributed by atoms with Crippen LogP contribution in [0.2, 0.25) is 0 Å². The molecule has 7 nitrogen and oxygen atoms in total. The average molecular weight is 372 g/mol. The molecule has 1 aliphatic heterocycles. The Morgan fingerprint density at radius 2 is 1.81 bits per heavy atom. The van der Waals surface area contributed by atoms with Gasteiger partial charge in [-0.2, -0.15) is 0 Å². The molecule has 0 aliphatic carbocycles. The second-order valence-corrected chi connectivity index (χ2v) is 6.06. The zero-order valence-corrected chi connectivity index (χ0v) is 15.7. The highest BCUT2D eigenvalue weighted by Gasteiger charge is 2.21. The summed E-state index contributed by atoms with van der Waals surface area (Å²) in [5.41, 5.74) is 2.92. The molecule has 27 heavy (non-hydrogen) atoms. The van der Waals surface area contributed by atoms with Crippen LogP contribution in [0.15, 0.2) is 36.4 Å². The van der Waals surface area contributed by atoms with Gasteiger partial charge in [-0.15, -0.1) is 0 Å². The van der Waals surface area contributed by atoms with Gasteiger partial charge in [0.15, 0.2) is 11.5 Å². The van der Waals surface area contributed by atoms with E-state index in [-0.39, 0.29) is 12.1 Å². The van der Waals surface area contributed by atoms with E-state index in [0.717, 1.165) is 12.0 Å². The maximum Gasteiger partial charge on any atom is 0.319 e. The number of methoxy groups -OCH3 is 3. The molecule has 1 atom stereocenters. The quantitative estimate of drug-likeness (QED) is 0.814. The van der Waals surface area contributed by atoms with Crippen molar-refractivity contribution in [3.63, 3.8) is 0 Å². The topological polar surface area (TPSA) is 78.1 Å². The van der Waals surface area contributed by atoms with Crippen LogP contribution < -0.4 is 24.8 Å². The molecule has 1 heterocycles. The zero-order chi connectivity index (χ0) is 19.2. The number of anilines is 1. The SMILES string of the molecule is COc1cc(NC(=O)NC[C@H]2OCCc3ccccc32)cc(OC)c1OC. The highest BCUT2D eigenvalue weighted by atomic mass is 16.5. The van der Waals surface area contributed by atoms with Gasteiger partial charge in [0.05, 0.1) is 33.6 Å². The van der Waals surface area contributed by atoms with Gasteiger partial charge in [0.2, 0.25) is 5.75 Å². The summed E-state index contributed by atoms with van der Waals surface area (Å²) in [5.74, 6) is 1.41. The molecule has 0 fully saturated rings. The van der Waals surface area contributed by atoms with Crippen molar-refractivity contribution in [1.82, 2.24) is 5.32 Å². The summed E-state index contributed by atoms with van der Waals surface area (Å²) in [6.07, 6.45) is 0.741. The van der Waals surface area contributed by atoms with E-state index in [4.69, 9.17) is 18.9 Å². The molecule has 7 heteroatoms. The summed E-state index contributed by atoms with van der Waals surface area (Å²) in [4.78, 5) is 12.3. The number of amides is 2. The standard InChI is InChI=1S/C20H24N2O5/c1-24-16-10-14(11-17(25-2)19(16)26-3)22-20(23)21-12-18-15-7-5-4-6-13(15)8-9-27-18/h4-7,10-11,18H,8-9,12H2,1-3H3,(H2,21,22,23)/t18-/m1/s1. The minimum atomic E-state index is -0.337. The molecule has 1 aliphatic rings. The fourth-order valence-corrected chi connectivity index (χ4v) is 3.16. The minimum absolute atomic E-state index is 0.152. The first-order valence-electron chi connectivity index (χ1n) is 8.70. The van der Waals surface area contributed by atoms with Crippen LogP contribution in [0.25, 0.3) is 0 Å². The van der Waals surface area contributed by atoms with Gasteiger partial charge >= 0.3 is 6.03 Å². The number of benzene rings is 2. The highest BCUT2D eigenvalue weighted by Crippen LogP contribution is 2.39. The predicted octanol–water partition coefficient (Wildman–Crippen LogP) is 3.15. The summed E-state index contributed by atoms with van der Waals surface area (Å²) in [5, 5.41) is 5.64. The van der Waals surface area contributed by atoms with Crippen molar-refractivity contribution in [3.05, 3.63) is 47.5 Å². The fourth-order valence-electron chi connectivity index (χ4n) is 3.16. The van der Waals surface area contributed by atoms with E-state index in [1.54, 1.807) is 12.1 Å². The van der Waals surface area contributed by atoms with Gasteiger partial charge in [0.25, 0.3) is 0 Å². The Balaban J connectivity index is 1.65. The molecule has 2 amide bonds. The summed E-state index contributed by atoms with van der Waals surface area (Å²) < 4.78 is 21.7. The van der Waals surface area contributed by atoms with Crippen molar-refractivity contribution >= 4 is 11.7 Å². The Kier molecular flexibility index (Phi) is 6.03. The number of fused-ring (bicyclic) bond motifs is 1. The average Bonchev–Trinajstić information content (AvgIpc) is 2.71. The molecule has 2 aromatic rings. The molecular formula is C20H24N2O5. The molecule has 0 spiro atoms. The molecule has 2 N–H and O–H groups in total. The fraction of sp³-hybridized carbons (Fsp3) is 0.350. The molecule has 0 radical (unpaired) electrons. The van der Waals surface area contributed by atoms with Crippen molar-refractivity contribution < 1.29 is 23.7 Å². The van der Waals surface area contributed by atoms with Gasteiger partial charge in [-0.25, -0.2) is 4.79 Å². The molecule has 0 saturated heterocycles. The number of hydrogen-bond donors (Lipinski definition) is 2. The van der Waals surface area contributed by atoms with Crippen LogP contribution in [0, 0.1) is 0 Å². The Morgan fingerprint density at radius 3 is 2.48 bits per heavy atom. The summed E-state index contributed by atoms with van der Waals surface area (Å²) in [6, 6.07) is 11.2. The van der Waals surface area contributed by atoms with Crippen molar-refractivity contribution in [1.29, 1.82) is 0 Å². The van der Waals surface area contributed by atoms with E-state index in [1.807, 2.05) is 18.2 Å². The number of carbonyl (C=O) groups is 1. The summed E-state index contributed by atoms with van der Waals surface area (Å²) in [7, 11) is 4.58. The Labute approximate surface area is 158 Å². The van der Waals surface area contributed by atoms with E-state index >= 15 is 0 Å². The number of hydrogen-bond acceptors (Lipinski definition) is 5. The third-order valence-corrected chi connectivity index (χ3v) is 4.46. The number of ether oxygens (including phenoxy) is 4. The number of nitrogens with one attached hydrogen (secondary N) is 2. The third kappa shape index (κ3) is 4.25. The lowest BCUT2D eigenvalue weighted by Gasteiger charge is -2.26. The largest absolute Gasteiger partial charge is 0.493 e. The van der Waals surface area contributed by atoms with Gasteiger partial charge in [0, 0.05) is 18.7 Å². The molecule has 2 aromatic carbocycles. The molecule has 0 aromatic heterocycles. The Hall–Kier alpha value is -2.93. The van der Waals surface area contributed by atoms with Gasteiger partial charge < -0.3 is 29.6 Å². The monoisotopic (exact) mass is 372 g/mol. The molecule has 0 bridgehead atoms. The maximum absolute atomic E-state index is 12.3. The van der Waals surface area contributed by atoms with Gasteiger partial charge in [0.1, 0.15) is 6.10 Å². The Bertz CT molecular complexity index is 784. The Morgan fingerprint density at radius 1 is 1.11 bits per heavy atom. The summed E-state index contributed by atoms with van der Waals surface area (Å²) >= 11 is 0. The maximum atomic E-state index is 12.3. The minimum Gasteiger partial charge on any atom is -0.493 e.